The van der Waals surface area contributed by atoms with E-state index in [1.807, 2.05) is 24.5 Å². The predicted molar refractivity (Wildman–Crippen MR) is 69.1 cm³/mol. The Bertz CT molecular complexity index is 436. The van der Waals surface area contributed by atoms with Crippen LogP contribution in [0.15, 0.2) is 23.1 Å². The molecule has 0 heterocycles. The van der Waals surface area contributed by atoms with Crippen molar-refractivity contribution in [3.05, 3.63) is 23.8 Å². The lowest BCUT2D eigenvalue weighted by atomic mass is 9.82. The van der Waals surface area contributed by atoms with Gasteiger partial charge in [-0.2, -0.15) is 5.26 Å². The topological polar surface area (TPSA) is 59.0 Å². The molecule has 1 saturated carbocycles. The second-order valence-electron chi connectivity index (χ2n) is 4.26. The number of thioether (sulfide) groups is 1. The number of rotatable bonds is 4. The van der Waals surface area contributed by atoms with Crippen molar-refractivity contribution >= 4 is 11.8 Å². The summed E-state index contributed by atoms with van der Waals surface area (Å²) in [5.41, 5.74) is 6.23. The molecular weight excluding hydrogens is 232 g/mol. The molecule has 1 aliphatic rings. The van der Waals surface area contributed by atoms with Gasteiger partial charge in [0, 0.05) is 4.90 Å². The molecule has 0 radical (unpaired) electrons. The second-order valence-corrected chi connectivity index (χ2v) is 5.11. The Labute approximate surface area is 106 Å². The first-order chi connectivity index (χ1) is 8.28. The third-order valence-corrected chi connectivity index (χ3v) is 3.92. The maximum Gasteiger partial charge on any atom is 0.138 e. The largest absolute Gasteiger partial charge is 0.489 e. The first-order valence-corrected chi connectivity index (χ1v) is 6.94. The van der Waals surface area contributed by atoms with Gasteiger partial charge in [-0.05, 0) is 43.7 Å². The SMILES string of the molecule is CSc1cccc(OC2CC(CN)C2)c1C#N. The van der Waals surface area contributed by atoms with Crippen molar-refractivity contribution in [2.45, 2.75) is 23.8 Å². The normalized spacial score (nSPS) is 22.6. The summed E-state index contributed by atoms with van der Waals surface area (Å²) in [5.74, 6) is 1.30. The lowest BCUT2D eigenvalue weighted by Crippen LogP contribution is -2.37. The van der Waals surface area contributed by atoms with Crippen LogP contribution in [0.25, 0.3) is 0 Å². The molecule has 4 heteroatoms. The summed E-state index contributed by atoms with van der Waals surface area (Å²) in [5, 5.41) is 9.17. The van der Waals surface area contributed by atoms with Crippen molar-refractivity contribution in [3.8, 4) is 11.8 Å². The van der Waals surface area contributed by atoms with E-state index in [1.54, 1.807) is 11.8 Å². The van der Waals surface area contributed by atoms with E-state index in [9.17, 15) is 0 Å². The van der Waals surface area contributed by atoms with Gasteiger partial charge in [-0.3, -0.25) is 0 Å². The van der Waals surface area contributed by atoms with Gasteiger partial charge >= 0.3 is 0 Å². The summed E-state index contributed by atoms with van der Waals surface area (Å²) >= 11 is 1.57. The summed E-state index contributed by atoms with van der Waals surface area (Å²) in [4.78, 5) is 0.972. The van der Waals surface area contributed by atoms with Gasteiger partial charge in [0.2, 0.25) is 0 Å². The minimum absolute atomic E-state index is 0.229. The fraction of sp³-hybridized carbons (Fsp3) is 0.462. The van der Waals surface area contributed by atoms with Crippen LogP contribution in [-0.4, -0.2) is 18.9 Å². The molecule has 90 valence electrons. The van der Waals surface area contributed by atoms with Crippen LogP contribution < -0.4 is 10.5 Å². The van der Waals surface area contributed by atoms with Crippen LogP contribution in [0.2, 0.25) is 0 Å². The monoisotopic (exact) mass is 248 g/mol. The van der Waals surface area contributed by atoms with Crippen molar-refractivity contribution in [1.82, 2.24) is 0 Å². The van der Waals surface area contributed by atoms with Crippen LogP contribution in [0, 0.1) is 17.2 Å². The Hall–Kier alpha value is -1.18. The molecule has 1 aromatic rings. The van der Waals surface area contributed by atoms with E-state index in [0.717, 1.165) is 24.3 Å². The van der Waals surface area contributed by atoms with Crippen molar-refractivity contribution in [2.24, 2.45) is 11.7 Å². The summed E-state index contributed by atoms with van der Waals surface area (Å²) in [6, 6.07) is 7.97. The molecule has 1 fully saturated rings. The average Bonchev–Trinajstić information content (AvgIpc) is 2.32. The van der Waals surface area contributed by atoms with Gasteiger partial charge in [0.1, 0.15) is 17.4 Å². The first-order valence-electron chi connectivity index (χ1n) is 5.72. The quantitative estimate of drug-likeness (QED) is 0.831. The Balaban J connectivity index is 2.09. The molecule has 1 aromatic carbocycles. The maximum absolute atomic E-state index is 9.17. The van der Waals surface area contributed by atoms with E-state index < -0.39 is 0 Å². The smallest absolute Gasteiger partial charge is 0.138 e. The third kappa shape index (κ3) is 2.56. The Morgan fingerprint density at radius 3 is 2.88 bits per heavy atom. The van der Waals surface area contributed by atoms with Gasteiger partial charge in [0.05, 0.1) is 6.10 Å². The zero-order valence-electron chi connectivity index (χ0n) is 9.85. The van der Waals surface area contributed by atoms with Gasteiger partial charge in [-0.25, -0.2) is 0 Å². The lowest BCUT2D eigenvalue weighted by molar-refractivity contribution is 0.0685. The van der Waals surface area contributed by atoms with Crippen LogP contribution in [-0.2, 0) is 0 Å². The molecule has 0 amide bonds. The highest BCUT2D eigenvalue weighted by Gasteiger charge is 2.30. The second kappa shape index (κ2) is 5.44. The van der Waals surface area contributed by atoms with Gasteiger partial charge in [-0.15, -0.1) is 11.8 Å². The molecule has 2 rings (SSSR count). The number of nitriles is 1. The molecule has 0 unspecified atom stereocenters. The van der Waals surface area contributed by atoms with Crippen LogP contribution in [0.1, 0.15) is 18.4 Å². The van der Waals surface area contributed by atoms with Crippen molar-refractivity contribution in [1.29, 1.82) is 5.26 Å². The molecule has 0 spiro atoms. The molecule has 0 atom stereocenters. The maximum atomic E-state index is 9.17. The minimum Gasteiger partial charge on any atom is -0.489 e. The van der Waals surface area contributed by atoms with Crippen LogP contribution in [0.3, 0.4) is 0 Å². The molecule has 17 heavy (non-hydrogen) atoms. The number of ether oxygens (including phenoxy) is 1. The van der Waals surface area contributed by atoms with E-state index in [0.29, 0.717) is 17.2 Å². The summed E-state index contributed by atoms with van der Waals surface area (Å²) in [7, 11) is 0. The van der Waals surface area contributed by atoms with Gasteiger partial charge in [0.25, 0.3) is 0 Å². The van der Waals surface area contributed by atoms with Crippen molar-refractivity contribution < 1.29 is 4.74 Å². The molecule has 1 aliphatic carbocycles. The minimum atomic E-state index is 0.229. The fourth-order valence-corrected chi connectivity index (χ4v) is 2.60. The summed E-state index contributed by atoms with van der Waals surface area (Å²) in [6.07, 6.45) is 4.21. The lowest BCUT2D eigenvalue weighted by Gasteiger charge is -2.34. The number of hydrogen-bond donors (Lipinski definition) is 1. The molecule has 0 bridgehead atoms. The molecule has 0 aromatic heterocycles. The van der Waals surface area contributed by atoms with E-state index in [2.05, 4.69) is 6.07 Å². The van der Waals surface area contributed by atoms with E-state index in [4.69, 9.17) is 15.7 Å². The zero-order chi connectivity index (χ0) is 12.3. The first kappa shape index (κ1) is 12.3. The molecule has 2 N–H and O–H groups in total. The summed E-state index contributed by atoms with van der Waals surface area (Å²) in [6.45, 7) is 0.732. The van der Waals surface area contributed by atoms with Crippen LogP contribution in [0.5, 0.6) is 5.75 Å². The summed E-state index contributed by atoms with van der Waals surface area (Å²) < 4.78 is 5.86. The van der Waals surface area contributed by atoms with E-state index >= 15 is 0 Å². The highest BCUT2D eigenvalue weighted by atomic mass is 32.2. The molecule has 3 nitrogen and oxygen atoms in total. The van der Waals surface area contributed by atoms with Gasteiger partial charge < -0.3 is 10.5 Å². The number of hydrogen-bond acceptors (Lipinski definition) is 4. The standard InChI is InChI=1S/C13H16N2OS/c1-17-13-4-2-3-12(11(13)8-15)16-10-5-9(6-10)7-14/h2-4,9-10H,5-7,14H2,1H3. The number of nitrogens with zero attached hydrogens (tertiary/aromatic N) is 1. The molecule has 0 saturated heterocycles. The van der Waals surface area contributed by atoms with E-state index in [-0.39, 0.29) is 6.10 Å². The number of benzene rings is 1. The van der Waals surface area contributed by atoms with Gasteiger partial charge in [-0.1, -0.05) is 6.07 Å². The molecule has 0 aliphatic heterocycles. The van der Waals surface area contributed by atoms with Crippen molar-refractivity contribution in [3.63, 3.8) is 0 Å². The van der Waals surface area contributed by atoms with Crippen LogP contribution >= 0.6 is 11.8 Å². The predicted octanol–water partition coefficient (Wildman–Crippen LogP) is 2.40. The fourth-order valence-electron chi connectivity index (χ4n) is 2.03. The Morgan fingerprint density at radius 1 is 1.53 bits per heavy atom. The number of nitrogens with two attached hydrogens (primary N) is 1. The molecular formula is C13H16N2OS. The zero-order valence-corrected chi connectivity index (χ0v) is 10.7. The highest BCUT2D eigenvalue weighted by Crippen LogP contribution is 2.34. The van der Waals surface area contributed by atoms with Crippen molar-refractivity contribution in [2.75, 3.05) is 12.8 Å². The third-order valence-electron chi connectivity index (χ3n) is 3.14. The highest BCUT2D eigenvalue weighted by molar-refractivity contribution is 7.98. The van der Waals surface area contributed by atoms with Crippen LogP contribution in [0.4, 0.5) is 0 Å². The van der Waals surface area contributed by atoms with E-state index in [1.165, 1.54) is 0 Å². The Morgan fingerprint density at radius 2 is 2.29 bits per heavy atom. The average molecular weight is 248 g/mol. The van der Waals surface area contributed by atoms with Gasteiger partial charge in [0.15, 0.2) is 0 Å². The Kier molecular flexibility index (Phi) is 3.93.